The van der Waals surface area contributed by atoms with Gasteiger partial charge in [0.25, 0.3) is 0 Å². The molecule has 1 fully saturated rings. The number of sulfone groups is 1. The lowest BCUT2D eigenvalue weighted by atomic mass is 9.88. The quantitative estimate of drug-likeness (QED) is 0.689. The standard InChI is InChI=1S/C22H25NO3S/c1-2-14-23(20-13-15-27(25,26)17-20)22(24)16-21(18-9-5-3-6-10-18)19-11-7-4-8-12-19/h2-12,20-21H,1,13-17H2. The monoisotopic (exact) mass is 383 g/mol. The smallest absolute Gasteiger partial charge is 0.224 e. The van der Waals surface area contributed by atoms with Crippen molar-refractivity contribution in [3.8, 4) is 0 Å². The van der Waals surface area contributed by atoms with E-state index in [0.29, 0.717) is 19.4 Å². The molecule has 0 radical (unpaired) electrons. The molecule has 4 nitrogen and oxygen atoms in total. The van der Waals surface area contributed by atoms with Crippen molar-refractivity contribution >= 4 is 15.7 Å². The van der Waals surface area contributed by atoms with Crippen LogP contribution in [0.5, 0.6) is 0 Å². The van der Waals surface area contributed by atoms with Crippen LogP contribution < -0.4 is 0 Å². The molecular weight excluding hydrogens is 358 g/mol. The van der Waals surface area contributed by atoms with Gasteiger partial charge < -0.3 is 4.90 Å². The molecule has 0 saturated carbocycles. The number of hydrogen-bond donors (Lipinski definition) is 0. The van der Waals surface area contributed by atoms with Gasteiger partial charge >= 0.3 is 0 Å². The summed E-state index contributed by atoms with van der Waals surface area (Å²) in [7, 11) is -3.05. The maximum absolute atomic E-state index is 13.2. The van der Waals surface area contributed by atoms with E-state index < -0.39 is 9.84 Å². The van der Waals surface area contributed by atoms with Gasteiger partial charge in [-0.25, -0.2) is 8.42 Å². The maximum atomic E-state index is 13.2. The van der Waals surface area contributed by atoms with Crippen molar-refractivity contribution in [1.29, 1.82) is 0 Å². The van der Waals surface area contributed by atoms with Crippen molar-refractivity contribution in [2.75, 3.05) is 18.1 Å². The zero-order chi connectivity index (χ0) is 19.3. The van der Waals surface area contributed by atoms with Crippen LogP contribution in [0, 0.1) is 0 Å². The summed E-state index contributed by atoms with van der Waals surface area (Å²) >= 11 is 0. The van der Waals surface area contributed by atoms with Gasteiger partial charge in [0, 0.05) is 24.9 Å². The van der Waals surface area contributed by atoms with E-state index in [1.165, 1.54) is 0 Å². The van der Waals surface area contributed by atoms with E-state index in [0.717, 1.165) is 11.1 Å². The molecule has 1 aliphatic heterocycles. The number of amides is 1. The molecule has 2 aromatic carbocycles. The lowest BCUT2D eigenvalue weighted by Gasteiger charge is -2.29. The maximum Gasteiger partial charge on any atom is 0.224 e. The molecule has 1 atom stereocenters. The second kappa shape index (κ2) is 8.53. The van der Waals surface area contributed by atoms with E-state index >= 15 is 0 Å². The SMILES string of the molecule is C=CCN(C(=O)CC(c1ccccc1)c1ccccc1)C1CCS(=O)(=O)C1. The average Bonchev–Trinajstić information content (AvgIpc) is 3.04. The third-order valence-electron chi connectivity index (χ3n) is 5.08. The van der Waals surface area contributed by atoms with E-state index in [2.05, 4.69) is 6.58 Å². The molecule has 1 unspecified atom stereocenters. The van der Waals surface area contributed by atoms with Crippen LogP contribution in [0.1, 0.15) is 29.9 Å². The first-order chi connectivity index (χ1) is 13.0. The van der Waals surface area contributed by atoms with Crippen LogP contribution in [-0.4, -0.2) is 43.3 Å². The van der Waals surface area contributed by atoms with Crippen molar-refractivity contribution in [3.63, 3.8) is 0 Å². The Balaban J connectivity index is 1.85. The highest BCUT2D eigenvalue weighted by molar-refractivity contribution is 7.91. The molecule has 0 aliphatic carbocycles. The Morgan fingerprint density at radius 3 is 2.07 bits per heavy atom. The van der Waals surface area contributed by atoms with Gasteiger partial charge in [0.15, 0.2) is 9.84 Å². The lowest BCUT2D eigenvalue weighted by Crippen LogP contribution is -2.41. The molecule has 0 aromatic heterocycles. The first-order valence-electron chi connectivity index (χ1n) is 9.21. The average molecular weight is 384 g/mol. The highest BCUT2D eigenvalue weighted by atomic mass is 32.2. The van der Waals surface area contributed by atoms with Crippen LogP contribution in [0.25, 0.3) is 0 Å². The first kappa shape index (κ1) is 19.4. The molecule has 27 heavy (non-hydrogen) atoms. The summed E-state index contributed by atoms with van der Waals surface area (Å²) in [6.45, 7) is 4.11. The number of rotatable bonds is 7. The van der Waals surface area contributed by atoms with Gasteiger partial charge in [0.1, 0.15) is 0 Å². The molecule has 1 amide bonds. The van der Waals surface area contributed by atoms with Crippen molar-refractivity contribution in [3.05, 3.63) is 84.4 Å². The molecule has 1 heterocycles. The van der Waals surface area contributed by atoms with Crippen LogP contribution in [0.15, 0.2) is 73.3 Å². The minimum Gasteiger partial charge on any atom is -0.335 e. The van der Waals surface area contributed by atoms with Crippen LogP contribution in [0.4, 0.5) is 0 Å². The molecule has 0 spiro atoms. The summed E-state index contributed by atoms with van der Waals surface area (Å²) in [5.41, 5.74) is 2.16. The Bertz CT molecular complexity index is 839. The molecule has 1 saturated heterocycles. The first-order valence-corrected chi connectivity index (χ1v) is 11.0. The van der Waals surface area contributed by atoms with Gasteiger partial charge in [0.2, 0.25) is 5.91 Å². The van der Waals surface area contributed by atoms with E-state index in [9.17, 15) is 13.2 Å². The highest BCUT2D eigenvalue weighted by Crippen LogP contribution is 2.29. The molecule has 2 aromatic rings. The van der Waals surface area contributed by atoms with Crippen molar-refractivity contribution < 1.29 is 13.2 Å². The summed E-state index contributed by atoms with van der Waals surface area (Å²) in [6.07, 6.45) is 2.48. The minimum atomic E-state index is -3.05. The van der Waals surface area contributed by atoms with Gasteiger partial charge in [-0.3, -0.25) is 4.79 Å². The molecular formula is C22H25NO3S. The van der Waals surface area contributed by atoms with Crippen molar-refractivity contribution in [1.82, 2.24) is 4.90 Å². The van der Waals surface area contributed by atoms with Crippen LogP contribution in [-0.2, 0) is 14.6 Å². The fraction of sp³-hybridized carbons (Fsp3) is 0.318. The van der Waals surface area contributed by atoms with Crippen molar-refractivity contribution in [2.45, 2.75) is 24.8 Å². The number of benzene rings is 2. The minimum absolute atomic E-state index is 0.0327. The Labute approximate surface area is 161 Å². The van der Waals surface area contributed by atoms with E-state index in [-0.39, 0.29) is 29.4 Å². The summed E-state index contributed by atoms with van der Waals surface area (Å²) in [6, 6.07) is 19.7. The Morgan fingerprint density at radius 1 is 1.07 bits per heavy atom. The summed E-state index contributed by atoms with van der Waals surface area (Å²) in [5, 5.41) is 0. The second-order valence-electron chi connectivity index (χ2n) is 6.97. The van der Waals surface area contributed by atoms with Crippen LogP contribution in [0.3, 0.4) is 0 Å². The number of nitrogens with zero attached hydrogens (tertiary/aromatic N) is 1. The van der Waals surface area contributed by atoms with Gasteiger partial charge in [-0.05, 0) is 17.5 Å². The summed E-state index contributed by atoms with van der Waals surface area (Å²) in [4.78, 5) is 14.9. The second-order valence-corrected chi connectivity index (χ2v) is 9.20. The molecule has 0 bridgehead atoms. The third kappa shape index (κ3) is 4.86. The van der Waals surface area contributed by atoms with E-state index in [4.69, 9.17) is 0 Å². The molecule has 142 valence electrons. The van der Waals surface area contributed by atoms with Crippen LogP contribution >= 0.6 is 0 Å². The Morgan fingerprint density at radius 2 is 1.63 bits per heavy atom. The van der Waals surface area contributed by atoms with Gasteiger partial charge in [0.05, 0.1) is 11.5 Å². The van der Waals surface area contributed by atoms with Crippen LogP contribution in [0.2, 0.25) is 0 Å². The Kier molecular flexibility index (Phi) is 6.11. The van der Waals surface area contributed by atoms with Gasteiger partial charge in [-0.1, -0.05) is 66.7 Å². The highest BCUT2D eigenvalue weighted by Gasteiger charge is 2.34. The predicted octanol–water partition coefficient (Wildman–Crippen LogP) is 3.41. The zero-order valence-corrected chi connectivity index (χ0v) is 16.1. The topological polar surface area (TPSA) is 54.5 Å². The fourth-order valence-electron chi connectivity index (χ4n) is 3.71. The number of hydrogen-bond acceptors (Lipinski definition) is 3. The predicted molar refractivity (Wildman–Crippen MR) is 108 cm³/mol. The van der Waals surface area contributed by atoms with Crippen molar-refractivity contribution in [2.24, 2.45) is 0 Å². The number of carbonyl (C=O) groups is 1. The normalized spacial score (nSPS) is 18.3. The summed E-state index contributed by atoms with van der Waals surface area (Å²) in [5.74, 6) is 0.104. The van der Waals surface area contributed by atoms with Gasteiger partial charge in [-0.2, -0.15) is 0 Å². The van der Waals surface area contributed by atoms with Gasteiger partial charge in [-0.15, -0.1) is 6.58 Å². The molecule has 0 N–H and O–H groups in total. The lowest BCUT2D eigenvalue weighted by molar-refractivity contribution is -0.132. The third-order valence-corrected chi connectivity index (χ3v) is 6.83. The van der Waals surface area contributed by atoms with E-state index in [1.54, 1.807) is 11.0 Å². The molecule has 1 aliphatic rings. The molecule has 5 heteroatoms. The largest absolute Gasteiger partial charge is 0.335 e. The summed E-state index contributed by atoms with van der Waals surface area (Å²) < 4.78 is 23.7. The number of carbonyl (C=O) groups excluding carboxylic acids is 1. The fourth-order valence-corrected chi connectivity index (χ4v) is 5.44. The zero-order valence-electron chi connectivity index (χ0n) is 15.3. The Hall–Kier alpha value is -2.40. The molecule has 3 rings (SSSR count). The van der Waals surface area contributed by atoms with E-state index in [1.807, 2.05) is 60.7 Å².